The molecule has 2 saturated heterocycles. The van der Waals surface area contributed by atoms with Crippen LogP contribution in [0.4, 0.5) is 0 Å². The fourth-order valence-corrected chi connectivity index (χ4v) is 3.49. The number of aryl methyl sites for hydroxylation is 1. The van der Waals surface area contributed by atoms with Crippen LogP contribution in [0.5, 0.6) is 0 Å². The summed E-state index contributed by atoms with van der Waals surface area (Å²) in [6.45, 7) is 6.98. The van der Waals surface area contributed by atoms with Gasteiger partial charge in [0.25, 0.3) is 0 Å². The molecule has 0 spiro atoms. The van der Waals surface area contributed by atoms with Gasteiger partial charge in [-0.1, -0.05) is 0 Å². The van der Waals surface area contributed by atoms with Crippen LogP contribution < -0.4 is 5.32 Å². The van der Waals surface area contributed by atoms with Crippen molar-refractivity contribution in [2.75, 3.05) is 32.8 Å². The van der Waals surface area contributed by atoms with Gasteiger partial charge in [-0.15, -0.1) is 0 Å². The number of carbonyl (C=O) groups excluding carboxylic acids is 1. The predicted molar refractivity (Wildman–Crippen MR) is 88.1 cm³/mol. The molecule has 0 aromatic carbocycles. The molecular weight excluding hydrogens is 292 g/mol. The maximum Gasteiger partial charge on any atom is 0.222 e. The van der Waals surface area contributed by atoms with Crippen molar-refractivity contribution in [2.45, 2.75) is 45.3 Å². The highest BCUT2D eigenvalue weighted by Gasteiger charge is 2.25. The quantitative estimate of drug-likeness (QED) is 0.886. The number of ether oxygens (including phenoxy) is 1. The molecule has 3 rings (SSSR count). The minimum absolute atomic E-state index is 0.0471. The first-order valence-corrected chi connectivity index (χ1v) is 8.80. The lowest BCUT2D eigenvalue weighted by molar-refractivity contribution is -0.139. The first-order valence-electron chi connectivity index (χ1n) is 8.80. The zero-order valence-electron chi connectivity index (χ0n) is 14.0. The summed E-state index contributed by atoms with van der Waals surface area (Å²) >= 11 is 0. The summed E-state index contributed by atoms with van der Waals surface area (Å²) in [5.74, 6) is 0.998. The maximum absolute atomic E-state index is 12.5. The molecule has 1 atom stereocenters. The fourth-order valence-electron chi connectivity index (χ4n) is 3.49. The Morgan fingerprint density at radius 1 is 1.43 bits per heavy atom. The van der Waals surface area contributed by atoms with Crippen molar-refractivity contribution in [1.82, 2.24) is 20.0 Å². The summed E-state index contributed by atoms with van der Waals surface area (Å²) in [5.41, 5.74) is 1.15. The fraction of sp³-hybridized carbons (Fsp3) is 0.765. The van der Waals surface area contributed by atoms with Crippen molar-refractivity contribution < 1.29 is 9.53 Å². The van der Waals surface area contributed by atoms with Gasteiger partial charge in [-0.2, -0.15) is 5.10 Å². The van der Waals surface area contributed by atoms with E-state index in [1.807, 2.05) is 28.9 Å². The largest absolute Gasteiger partial charge is 0.373 e. The Morgan fingerprint density at radius 3 is 3.00 bits per heavy atom. The van der Waals surface area contributed by atoms with Crippen LogP contribution in [-0.4, -0.2) is 59.5 Å². The summed E-state index contributed by atoms with van der Waals surface area (Å²) in [6, 6.07) is 0. The highest BCUT2D eigenvalue weighted by atomic mass is 16.5. The molecule has 6 nitrogen and oxygen atoms in total. The second-order valence-electron chi connectivity index (χ2n) is 6.80. The Morgan fingerprint density at radius 2 is 2.26 bits per heavy atom. The lowest BCUT2D eigenvalue weighted by Crippen LogP contribution is -2.47. The van der Waals surface area contributed by atoms with Crippen molar-refractivity contribution in [1.29, 1.82) is 0 Å². The molecule has 2 fully saturated rings. The average molecular weight is 320 g/mol. The molecular formula is C17H28N4O2. The SMILES string of the molecule is Cc1cnn(CC2CN(C(=O)CCC3CCNCC3)CCO2)c1. The predicted octanol–water partition coefficient (Wildman–Crippen LogP) is 1.20. The van der Waals surface area contributed by atoms with Gasteiger partial charge in [0.2, 0.25) is 5.91 Å². The Bertz CT molecular complexity index is 510. The van der Waals surface area contributed by atoms with Crippen molar-refractivity contribution in [3.05, 3.63) is 18.0 Å². The Labute approximate surface area is 138 Å². The zero-order valence-corrected chi connectivity index (χ0v) is 14.0. The first-order chi connectivity index (χ1) is 11.2. The maximum atomic E-state index is 12.5. The van der Waals surface area contributed by atoms with E-state index in [1.165, 1.54) is 12.8 Å². The van der Waals surface area contributed by atoms with Crippen molar-refractivity contribution in [3.63, 3.8) is 0 Å². The molecule has 6 heteroatoms. The standard InChI is InChI=1S/C17H28N4O2/c1-14-10-19-21(11-14)13-16-12-20(8-9-23-16)17(22)3-2-15-4-6-18-7-5-15/h10-11,15-16,18H,2-9,12-13H2,1H3. The lowest BCUT2D eigenvalue weighted by Gasteiger charge is -2.33. The normalized spacial score (nSPS) is 23.2. The van der Waals surface area contributed by atoms with Crippen LogP contribution in [0.2, 0.25) is 0 Å². The van der Waals surface area contributed by atoms with E-state index in [9.17, 15) is 4.79 Å². The number of hydrogen-bond donors (Lipinski definition) is 1. The minimum Gasteiger partial charge on any atom is -0.373 e. The van der Waals surface area contributed by atoms with Crippen molar-refractivity contribution in [3.8, 4) is 0 Å². The molecule has 3 heterocycles. The number of amides is 1. The molecule has 1 unspecified atom stereocenters. The van der Waals surface area contributed by atoms with Gasteiger partial charge in [-0.3, -0.25) is 9.48 Å². The average Bonchev–Trinajstić information content (AvgIpc) is 2.99. The molecule has 23 heavy (non-hydrogen) atoms. The Hall–Kier alpha value is -1.40. The van der Waals surface area contributed by atoms with Gasteiger partial charge in [0, 0.05) is 25.7 Å². The summed E-state index contributed by atoms with van der Waals surface area (Å²) in [6.07, 6.45) is 8.03. The Balaban J connectivity index is 1.44. The van der Waals surface area contributed by atoms with Gasteiger partial charge in [0.15, 0.2) is 0 Å². The summed E-state index contributed by atoms with van der Waals surface area (Å²) in [4.78, 5) is 14.5. The molecule has 0 aliphatic carbocycles. The van der Waals surface area contributed by atoms with E-state index in [2.05, 4.69) is 10.4 Å². The Kier molecular flexibility index (Phi) is 5.67. The first kappa shape index (κ1) is 16.5. The van der Waals surface area contributed by atoms with E-state index in [0.29, 0.717) is 32.0 Å². The van der Waals surface area contributed by atoms with Crippen LogP contribution in [0.15, 0.2) is 12.4 Å². The van der Waals surface area contributed by atoms with E-state index in [4.69, 9.17) is 4.74 Å². The van der Waals surface area contributed by atoms with Crippen LogP contribution in [-0.2, 0) is 16.1 Å². The molecule has 0 radical (unpaired) electrons. The van der Waals surface area contributed by atoms with Gasteiger partial charge in [0.05, 0.1) is 25.5 Å². The molecule has 1 amide bonds. The monoisotopic (exact) mass is 320 g/mol. The van der Waals surface area contributed by atoms with Gasteiger partial charge in [-0.05, 0) is 50.8 Å². The minimum atomic E-state index is 0.0471. The van der Waals surface area contributed by atoms with Crippen LogP contribution >= 0.6 is 0 Å². The van der Waals surface area contributed by atoms with Gasteiger partial charge in [-0.25, -0.2) is 0 Å². The van der Waals surface area contributed by atoms with Gasteiger partial charge >= 0.3 is 0 Å². The number of piperidine rings is 1. The molecule has 1 aromatic rings. The summed E-state index contributed by atoms with van der Waals surface area (Å²) < 4.78 is 7.71. The van der Waals surface area contributed by atoms with Gasteiger partial charge < -0.3 is 15.0 Å². The highest BCUT2D eigenvalue weighted by molar-refractivity contribution is 5.76. The smallest absolute Gasteiger partial charge is 0.222 e. The summed E-state index contributed by atoms with van der Waals surface area (Å²) in [5, 5.41) is 7.68. The molecule has 1 N–H and O–H groups in total. The second kappa shape index (κ2) is 7.93. The topological polar surface area (TPSA) is 59.4 Å². The molecule has 0 bridgehead atoms. The number of rotatable bonds is 5. The molecule has 2 aliphatic rings. The van der Waals surface area contributed by atoms with Crippen LogP contribution in [0.25, 0.3) is 0 Å². The third-order valence-corrected chi connectivity index (χ3v) is 4.87. The zero-order chi connectivity index (χ0) is 16.1. The van der Waals surface area contributed by atoms with E-state index < -0.39 is 0 Å². The molecule has 0 saturated carbocycles. The number of aromatic nitrogens is 2. The van der Waals surface area contributed by atoms with Crippen LogP contribution in [0.3, 0.4) is 0 Å². The summed E-state index contributed by atoms with van der Waals surface area (Å²) in [7, 11) is 0. The van der Waals surface area contributed by atoms with E-state index in [0.717, 1.165) is 31.6 Å². The van der Waals surface area contributed by atoms with E-state index >= 15 is 0 Å². The van der Waals surface area contributed by atoms with Crippen molar-refractivity contribution >= 4 is 5.91 Å². The number of carbonyl (C=O) groups is 1. The lowest BCUT2D eigenvalue weighted by atomic mass is 9.93. The number of morpholine rings is 1. The van der Waals surface area contributed by atoms with Crippen LogP contribution in [0.1, 0.15) is 31.2 Å². The van der Waals surface area contributed by atoms with Crippen LogP contribution in [0, 0.1) is 12.8 Å². The molecule has 1 aromatic heterocycles. The third kappa shape index (κ3) is 4.78. The third-order valence-electron chi connectivity index (χ3n) is 4.87. The number of hydrogen-bond acceptors (Lipinski definition) is 4. The second-order valence-corrected chi connectivity index (χ2v) is 6.80. The molecule has 128 valence electrons. The number of nitrogens with zero attached hydrogens (tertiary/aromatic N) is 3. The molecule has 2 aliphatic heterocycles. The van der Waals surface area contributed by atoms with Crippen molar-refractivity contribution in [2.24, 2.45) is 5.92 Å². The highest BCUT2D eigenvalue weighted by Crippen LogP contribution is 2.19. The number of nitrogens with one attached hydrogen (secondary N) is 1. The van der Waals surface area contributed by atoms with Gasteiger partial charge in [0.1, 0.15) is 0 Å². The van der Waals surface area contributed by atoms with E-state index in [-0.39, 0.29) is 12.0 Å². The van der Waals surface area contributed by atoms with E-state index in [1.54, 1.807) is 0 Å².